The fraction of sp³-hybridized carbons (Fsp3) is 0.158. The average molecular weight is 388 g/mol. The molecule has 0 aliphatic carbocycles. The van der Waals surface area contributed by atoms with Crippen molar-refractivity contribution in [2.24, 2.45) is 0 Å². The van der Waals surface area contributed by atoms with E-state index in [1.807, 2.05) is 30.3 Å². The number of hydrogen-bond acceptors (Lipinski definition) is 3. The molecule has 26 heavy (non-hydrogen) atoms. The minimum absolute atomic E-state index is 0.132. The van der Waals surface area contributed by atoms with Crippen LogP contribution in [0.25, 0.3) is 5.69 Å². The lowest BCUT2D eigenvalue weighted by Crippen LogP contribution is -2.19. The van der Waals surface area contributed by atoms with Gasteiger partial charge in [0.05, 0.1) is 17.8 Å². The number of fused-ring (bicyclic) bond motifs is 1. The summed E-state index contributed by atoms with van der Waals surface area (Å²) in [6.45, 7) is 0. The Kier molecular flexibility index (Phi) is 4.70. The van der Waals surface area contributed by atoms with Gasteiger partial charge in [0, 0.05) is 27.7 Å². The molecule has 0 saturated carbocycles. The van der Waals surface area contributed by atoms with Gasteiger partial charge in [0.2, 0.25) is 5.91 Å². The van der Waals surface area contributed by atoms with Crippen LogP contribution in [0, 0.1) is 5.82 Å². The van der Waals surface area contributed by atoms with E-state index >= 15 is 0 Å². The molecule has 132 valence electrons. The Morgan fingerprint density at radius 3 is 2.77 bits per heavy atom. The molecule has 4 rings (SSSR count). The van der Waals surface area contributed by atoms with Gasteiger partial charge in [0.15, 0.2) is 0 Å². The maximum atomic E-state index is 14.0. The fourth-order valence-corrected chi connectivity index (χ4v) is 4.20. The number of nitrogens with one attached hydrogen (secondary N) is 1. The minimum Gasteiger partial charge on any atom is -0.310 e. The number of amides is 1. The van der Waals surface area contributed by atoms with Crippen molar-refractivity contribution in [1.29, 1.82) is 0 Å². The fourth-order valence-electron chi connectivity index (χ4n) is 2.94. The Labute approximate surface area is 159 Å². The molecule has 2 aromatic carbocycles. The van der Waals surface area contributed by atoms with E-state index in [1.165, 1.54) is 12.1 Å². The highest BCUT2D eigenvalue weighted by Gasteiger charge is 2.25. The maximum Gasteiger partial charge on any atom is 0.230 e. The van der Waals surface area contributed by atoms with E-state index < -0.39 is 5.82 Å². The smallest absolute Gasteiger partial charge is 0.230 e. The largest absolute Gasteiger partial charge is 0.310 e. The predicted molar refractivity (Wildman–Crippen MR) is 102 cm³/mol. The van der Waals surface area contributed by atoms with Crippen LogP contribution < -0.4 is 5.32 Å². The molecule has 2 heterocycles. The third kappa shape index (κ3) is 3.22. The second-order valence-electron chi connectivity index (χ2n) is 5.94. The van der Waals surface area contributed by atoms with E-state index in [0.29, 0.717) is 5.82 Å². The van der Waals surface area contributed by atoms with Crippen molar-refractivity contribution in [3.05, 3.63) is 76.2 Å². The Bertz CT molecular complexity index is 954. The first-order valence-electron chi connectivity index (χ1n) is 8.10. The molecule has 3 aromatic rings. The number of carbonyl (C=O) groups excluding carboxylic acids is 1. The van der Waals surface area contributed by atoms with Crippen LogP contribution in [-0.2, 0) is 22.7 Å². The number of halogens is 2. The van der Waals surface area contributed by atoms with Gasteiger partial charge in [-0.15, -0.1) is 0 Å². The molecule has 1 aromatic heterocycles. The van der Waals surface area contributed by atoms with E-state index in [4.69, 9.17) is 11.6 Å². The molecule has 4 nitrogen and oxygen atoms in total. The summed E-state index contributed by atoms with van der Waals surface area (Å²) in [4.78, 5) is 12.6. The van der Waals surface area contributed by atoms with Gasteiger partial charge < -0.3 is 5.32 Å². The van der Waals surface area contributed by atoms with Crippen molar-refractivity contribution >= 4 is 35.1 Å². The van der Waals surface area contributed by atoms with Gasteiger partial charge in [-0.3, -0.25) is 4.79 Å². The maximum absolute atomic E-state index is 14.0. The van der Waals surface area contributed by atoms with E-state index in [2.05, 4.69) is 10.4 Å². The summed E-state index contributed by atoms with van der Waals surface area (Å²) in [6.07, 6.45) is -0.132. The van der Waals surface area contributed by atoms with Crippen molar-refractivity contribution in [3.63, 3.8) is 0 Å². The quantitative estimate of drug-likeness (QED) is 0.712. The van der Waals surface area contributed by atoms with E-state index in [-0.39, 0.29) is 22.9 Å². The van der Waals surface area contributed by atoms with E-state index in [1.54, 1.807) is 22.5 Å². The summed E-state index contributed by atoms with van der Waals surface area (Å²) in [5.74, 6) is 1.45. The van der Waals surface area contributed by atoms with Gasteiger partial charge in [-0.1, -0.05) is 35.9 Å². The number of carbonyl (C=O) groups is 1. The number of aromatic nitrogens is 2. The highest BCUT2D eigenvalue weighted by Crippen LogP contribution is 2.36. The summed E-state index contributed by atoms with van der Waals surface area (Å²) in [6, 6.07) is 14.0. The van der Waals surface area contributed by atoms with Gasteiger partial charge in [0.1, 0.15) is 11.6 Å². The number of nitrogens with zero attached hydrogens (tertiary/aromatic N) is 2. The summed E-state index contributed by atoms with van der Waals surface area (Å²) in [7, 11) is 0. The molecule has 0 unspecified atom stereocenters. The molecular weight excluding hydrogens is 373 g/mol. The predicted octanol–water partition coefficient (Wildman–Crippen LogP) is 4.59. The highest BCUT2D eigenvalue weighted by molar-refractivity contribution is 7.98. The summed E-state index contributed by atoms with van der Waals surface area (Å²) in [5.41, 5.74) is 3.06. The molecule has 0 saturated heterocycles. The monoisotopic (exact) mass is 387 g/mol. The van der Waals surface area contributed by atoms with Crippen LogP contribution in [0.1, 0.15) is 16.8 Å². The molecule has 0 radical (unpaired) electrons. The number of benzene rings is 2. The van der Waals surface area contributed by atoms with Crippen LogP contribution >= 0.6 is 23.4 Å². The first kappa shape index (κ1) is 17.1. The lowest BCUT2D eigenvalue weighted by atomic mass is 10.1. The standard InChI is InChI=1S/C19H15ClFN3OS/c20-15-7-4-8-16(21)13(15)9-18(25)22-19-14-10-26-11-17(14)23-24(19)12-5-2-1-3-6-12/h1-8H,9-11H2,(H,22,25). The number of para-hydroxylation sites is 1. The number of rotatable bonds is 4. The molecular formula is C19H15ClFN3OS. The van der Waals surface area contributed by atoms with Crippen LogP contribution in [0.4, 0.5) is 10.2 Å². The summed E-state index contributed by atoms with van der Waals surface area (Å²) in [5, 5.41) is 7.80. The topological polar surface area (TPSA) is 46.9 Å². The van der Waals surface area contributed by atoms with Crippen molar-refractivity contribution in [3.8, 4) is 5.69 Å². The second kappa shape index (κ2) is 7.13. The van der Waals surface area contributed by atoms with E-state index in [9.17, 15) is 9.18 Å². The van der Waals surface area contributed by atoms with Gasteiger partial charge in [-0.2, -0.15) is 16.9 Å². The Balaban J connectivity index is 1.65. The Morgan fingerprint density at radius 1 is 1.19 bits per heavy atom. The lowest BCUT2D eigenvalue weighted by molar-refractivity contribution is -0.115. The first-order valence-corrected chi connectivity index (χ1v) is 9.63. The van der Waals surface area contributed by atoms with Gasteiger partial charge >= 0.3 is 0 Å². The Morgan fingerprint density at radius 2 is 2.00 bits per heavy atom. The van der Waals surface area contributed by atoms with Crippen molar-refractivity contribution in [2.75, 3.05) is 5.32 Å². The van der Waals surface area contributed by atoms with E-state index in [0.717, 1.165) is 28.5 Å². The zero-order chi connectivity index (χ0) is 18.1. The zero-order valence-corrected chi connectivity index (χ0v) is 15.3. The average Bonchev–Trinajstić information content (AvgIpc) is 3.22. The summed E-state index contributed by atoms with van der Waals surface area (Å²) < 4.78 is 15.7. The van der Waals surface area contributed by atoms with Crippen LogP contribution in [-0.4, -0.2) is 15.7 Å². The molecule has 0 bridgehead atoms. The third-order valence-corrected chi connectivity index (χ3v) is 5.53. The van der Waals surface area contributed by atoms with Crippen molar-refractivity contribution < 1.29 is 9.18 Å². The van der Waals surface area contributed by atoms with Gasteiger partial charge in [-0.05, 0) is 24.3 Å². The number of anilines is 1. The van der Waals surface area contributed by atoms with Gasteiger partial charge in [0.25, 0.3) is 0 Å². The molecule has 1 amide bonds. The van der Waals surface area contributed by atoms with Crippen LogP contribution in [0.2, 0.25) is 5.02 Å². The van der Waals surface area contributed by atoms with Crippen LogP contribution in [0.5, 0.6) is 0 Å². The molecule has 0 spiro atoms. The van der Waals surface area contributed by atoms with Crippen LogP contribution in [0.15, 0.2) is 48.5 Å². The number of hydrogen-bond donors (Lipinski definition) is 1. The Hall–Kier alpha value is -2.31. The molecule has 0 fully saturated rings. The summed E-state index contributed by atoms with van der Waals surface area (Å²) >= 11 is 7.79. The second-order valence-corrected chi connectivity index (χ2v) is 7.33. The molecule has 0 atom stereocenters. The van der Waals surface area contributed by atoms with Crippen molar-refractivity contribution in [1.82, 2.24) is 9.78 Å². The molecule has 7 heteroatoms. The molecule has 1 aliphatic rings. The molecule has 1 aliphatic heterocycles. The van der Waals surface area contributed by atoms with Crippen LogP contribution in [0.3, 0.4) is 0 Å². The zero-order valence-electron chi connectivity index (χ0n) is 13.7. The van der Waals surface area contributed by atoms with Gasteiger partial charge in [-0.25, -0.2) is 9.07 Å². The lowest BCUT2D eigenvalue weighted by Gasteiger charge is -2.12. The number of thioether (sulfide) groups is 1. The highest BCUT2D eigenvalue weighted by atomic mass is 35.5. The van der Waals surface area contributed by atoms with Crippen molar-refractivity contribution in [2.45, 2.75) is 17.9 Å². The SMILES string of the molecule is O=C(Cc1c(F)cccc1Cl)Nc1c2c(nn1-c1ccccc1)CSC2. The molecule has 1 N–H and O–H groups in total. The third-order valence-electron chi connectivity index (χ3n) is 4.21. The first-order chi connectivity index (χ1) is 12.6. The normalized spacial score (nSPS) is 12.8. The minimum atomic E-state index is -0.481.